The van der Waals surface area contributed by atoms with Gasteiger partial charge in [-0.25, -0.2) is 4.39 Å². The molecule has 1 aromatic heterocycles. The Morgan fingerprint density at radius 1 is 1.09 bits per heavy atom. The van der Waals surface area contributed by atoms with Crippen LogP contribution in [0.5, 0.6) is 0 Å². The molecule has 1 aliphatic carbocycles. The summed E-state index contributed by atoms with van der Waals surface area (Å²) in [7, 11) is 1.61. The van der Waals surface area contributed by atoms with Gasteiger partial charge in [-0.3, -0.25) is 9.59 Å². The molecule has 1 fully saturated rings. The third-order valence-electron chi connectivity index (χ3n) is 6.57. The minimum atomic E-state index is -0.249. The predicted molar refractivity (Wildman–Crippen MR) is 131 cm³/mol. The number of carbonyl (C=O) groups excluding carboxylic acids is 2. The third kappa shape index (κ3) is 7.42. The lowest BCUT2D eigenvalue weighted by Crippen LogP contribution is -2.48. The average Bonchev–Trinajstić information content (AvgIpc) is 3.28. The molecule has 2 aromatic rings. The van der Waals surface area contributed by atoms with E-state index < -0.39 is 0 Å². The number of ether oxygens (including phenoxy) is 1. The zero-order chi connectivity index (χ0) is 24.3. The lowest BCUT2D eigenvalue weighted by Gasteiger charge is -2.36. The first kappa shape index (κ1) is 25.9. The Kier molecular flexibility index (Phi) is 10.1. The van der Waals surface area contributed by atoms with Gasteiger partial charge in [-0.1, -0.05) is 38.3 Å². The summed E-state index contributed by atoms with van der Waals surface area (Å²) in [6.45, 7) is 3.99. The second kappa shape index (κ2) is 13.3. The molecule has 3 rings (SSSR count). The van der Waals surface area contributed by atoms with Crippen LogP contribution in [0.3, 0.4) is 0 Å². The van der Waals surface area contributed by atoms with Crippen molar-refractivity contribution < 1.29 is 18.7 Å². The number of rotatable bonds is 12. The highest BCUT2D eigenvalue weighted by molar-refractivity contribution is 5.85. The molecule has 0 radical (unpaired) electrons. The lowest BCUT2D eigenvalue weighted by molar-refractivity contribution is -0.143. The van der Waals surface area contributed by atoms with Crippen molar-refractivity contribution in [3.8, 4) is 0 Å². The highest BCUT2D eigenvalue weighted by Gasteiger charge is 2.28. The molecule has 0 saturated heterocycles. The standard InChI is InChI=1S/C27H38FN3O3/c1-3-8-26(32)30(17-18-34-2)21-27(33)31(24-9-5-4-6-10-24)20-25-11-7-16-29(25)19-22-12-14-23(28)15-13-22/h7,11-16,24H,3-6,8-10,17-21H2,1-2H3. The van der Waals surface area contributed by atoms with Crippen LogP contribution < -0.4 is 0 Å². The number of benzene rings is 1. The van der Waals surface area contributed by atoms with Crippen LogP contribution in [0.2, 0.25) is 0 Å². The maximum atomic E-state index is 13.6. The van der Waals surface area contributed by atoms with Crippen LogP contribution in [-0.4, -0.2) is 59.0 Å². The van der Waals surface area contributed by atoms with Crippen LogP contribution >= 0.6 is 0 Å². The van der Waals surface area contributed by atoms with E-state index in [0.717, 1.165) is 43.4 Å². The zero-order valence-electron chi connectivity index (χ0n) is 20.5. The molecular formula is C27H38FN3O3. The van der Waals surface area contributed by atoms with Gasteiger partial charge in [0.1, 0.15) is 5.82 Å². The summed E-state index contributed by atoms with van der Waals surface area (Å²) < 4.78 is 20.6. The van der Waals surface area contributed by atoms with Gasteiger partial charge in [0.25, 0.3) is 0 Å². The van der Waals surface area contributed by atoms with E-state index in [4.69, 9.17) is 4.74 Å². The first-order valence-electron chi connectivity index (χ1n) is 12.5. The number of hydrogen-bond acceptors (Lipinski definition) is 3. The van der Waals surface area contributed by atoms with E-state index in [9.17, 15) is 14.0 Å². The maximum Gasteiger partial charge on any atom is 0.242 e. The van der Waals surface area contributed by atoms with E-state index in [2.05, 4.69) is 4.57 Å². The Morgan fingerprint density at radius 2 is 1.82 bits per heavy atom. The van der Waals surface area contributed by atoms with Gasteiger partial charge in [-0.05, 0) is 49.1 Å². The number of carbonyl (C=O) groups is 2. The maximum absolute atomic E-state index is 13.6. The molecule has 1 saturated carbocycles. The molecule has 186 valence electrons. The van der Waals surface area contributed by atoms with E-state index in [0.29, 0.717) is 32.7 Å². The van der Waals surface area contributed by atoms with Crippen molar-refractivity contribution in [2.75, 3.05) is 26.8 Å². The summed E-state index contributed by atoms with van der Waals surface area (Å²) in [5, 5.41) is 0. The first-order valence-corrected chi connectivity index (χ1v) is 12.5. The molecular weight excluding hydrogens is 433 g/mol. The fraction of sp³-hybridized carbons (Fsp3) is 0.556. The quantitative estimate of drug-likeness (QED) is 0.454. The van der Waals surface area contributed by atoms with Crippen molar-refractivity contribution in [1.29, 1.82) is 0 Å². The minimum absolute atomic E-state index is 0.00354. The van der Waals surface area contributed by atoms with Crippen LogP contribution in [0.4, 0.5) is 4.39 Å². The highest BCUT2D eigenvalue weighted by Crippen LogP contribution is 2.25. The van der Waals surface area contributed by atoms with Crippen molar-refractivity contribution in [2.24, 2.45) is 0 Å². The Hall–Kier alpha value is -2.67. The molecule has 7 heteroatoms. The molecule has 0 aliphatic heterocycles. The largest absolute Gasteiger partial charge is 0.383 e. The molecule has 0 N–H and O–H groups in total. The summed E-state index contributed by atoms with van der Waals surface area (Å²) >= 11 is 0. The summed E-state index contributed by atoms with van der Waals surface area (Å²) in [5.41, 5.74) is 2.04. The van der Waals surface area contributed by atoms with Gasteiger partial charge >= 0.3 is 0 Å². The van der Waals surface area contributed by atoms with Crippen LogP contribution in [0, 0.1) is 5.82 Å². The number of hydrogen-bond donors (Lipinski definition) is 0. The molecule has 6 nitrogen and oxygen atoms in total. The van der Waals surface area contributed by atoms with Crippen molar-refractivity contribution in [1.82, 2.24) is 14.4 Å². The van der Waals surface area contributed by atoms with E-state index in [-0.39, 0.29) is 30.2 Å². The third-order valence-corrected chi connectivity index (χ3v) is 6.57. The topological polar surface area (TPSA) is 54.8 Å². The van der Waals surface area contributed by atoms with E-state index in [1.807, 2.05) is 30.2 Å². The molecule has 34 heavy (non-hydrogen) atoms. The van der Waals surface area contributed by atoms with Crippen molar-refractivity contribution in [2.45, 2.75) is 71.0 Å². The fourth-order valence-corrected chi connectivity index (χ4v) is 4.64. The molecule has 0 spiro atoms. The average molecular weight is 472 g/mol. The molecule has 1 heterocycles. The van der Waals surface area contributed by atoms with Crippen molar-refractivity contribution in [3.63, 3.8) is 0 Å². The Balaban J connectivity index is 1.77. The van der Waals surface area contributed by atoms with Crippen LogP contribution in [0.25, 0.3) is 0 Å². The van der Waals surface area contributed by atoms with Gasteiger partial charge in [0.15, 0.2) is 0 Å². The number of halogens is 1. The van der Waals surface area contributed by atoms with E-state index >= 15 is 0 Å². The molecule has 1 aliphatic rings. The summed E-state index contributed by atoms with van der Waals surface area (Å²) in [5.74, 6) is -0.264. The number of nitrogens with zero attached hydrogens (tertiary/aromatic N) is 3. The van der Waals surface area contributed by atoms with Crippen LogP contribution in [0.1, 0.15) is 63.1 Å². The van der Waals surface area contributed by atoms with Gasteiger partial charge in [0.2, 0.25) is 11.8 Å². The lowest BCUT2D eigenvalue weighted by atomic mass is 9.94. The van der Waals surface area contributed by atoms with Gasteiger partial charge in [0, 0.05) is 44.6 Å². The summed E-state index contributed by atoms with van der Waals surface area (Å²) in [6, 6.07) is 10.7. The van der Waals surface area contributed by atoms with Crippen molar-refractivity contribution in [3.05, 3.63) is 59.7 Å². The fourth-order valence-electron chi connectivity index (χ4n) is 4.64. The minimum Gasteiger partial charge on any atom is -0.383 e. The van der Waals surface area contributed by atoms with Crippen LogP contribution in [-0.2, 0) is 27.4 Å². The second-order valence-electron chi connectivity index (χ2n) is 9.13. The number of amides is 2. The monoisotopic (exact) mass is 471 g/mol. The highest BCUT2D eigenvalue weighted by atomic mass is 19.1. The van der Waals surface area contributed by atoms with E-state index in [1.165, 1.54) is 18.6 Å². The Labute approximate surface area is 202 Å². The molecule has 0 atom stereocenters. The number of aromatic nitrogens is 1. The second-order valence-corrected chi connectivity index (χ2v) is 9.13. The molecule has 0 bridgehead atoms. The van der Waals surface area contributed by atoms with E-state index in [1.54, 1.807) is 24.1 Å². The van der Waals surface area contributed by atoms with Gasteiger partial charge in [-0.15, -0.1) is 0 Å². The number of methoxy groups -OCH3 is 1. The Morgan fingerprint density at radius 3 is 2.50 bits per heavy atom. The smallest absolute Gasteiger partial charge is 0.242 e. The van der Waals surface area contributed by atoms with Gasteiger partial charge in [-0.2, -0.15) is 0 Å². The van der Waals surface area contributed by atoms with Crippen LogP contribution in [0.15, 0.2) is 42.6 Å². The normalized spacial score (nSPS) is 14.2. The predicted octanol–water partition coefficient (Wildman–Crippen LogP) is 4.61. The van der Waals surface area contributed by atoms with Crippen molar-refractivity contribution >= 4 is 11.8 Å². The Bertz CT molecular complexity index is 906. The summed E-state index contributed by atoms with van der Waals surface area (Å²) in [6.07, 6.45) is 8.60. The molecule has 2 amide bonds. The molecule has 0 unspecified atom stereocenters. The SMILES string of the molecule is CCCC(=O)N(CCOC)CC(=O)N(Cc1cccn1Cc1ccc(F)cc1)C1CCCCC1. The first-order chi connectivity index (χ1) is 16.5. The van der Waals surface area contributed by atoms with Gasteiger partial charge < -0.3 is 19.1 Å². The molecule has 1 aromatic carbocycles. The zero-order valence-corrected chi connectivity index (χ0v) is 20.5. The van der Waals surface area contributed by atoms with Gasteiger partial charge in [0.05, 0.1) is 19.7 Å². The summed E-state index contributed by atoms with van der Waals surface area (Å²) in [4.78, 5) is 29.9.